The molecule has 7 rings (SSSR count). The van der Waals surface area contributed by atoms with Crippen LogP contribution >= 0.6 is 0 Å². The number of rotatable bonds is 12. The normalized spacial score (nSPS) is 11.4. The van der Waals surface area contributed by atoms with E-state index in [2.05, 4.69) is 112 Å². The van der Waals surface area contributed by atoms with Crippen molar-refractivity contribution in [3.8, 4) is 34.1 Å². The van der Waals surface area contributed by atoms with Gasteiger partial charge >= 0.3 is 21.1 Å². The fourth-order valence-corrected chi connectivity index (χ4v) is 6.97. The molecule has 0 atom stereocenters. The van der Waals surface area contributed by atoms with Crippen LogP contribution in [-0.4, -0.2) is 19.3 Å². The van der Waals surface area contributed by atoms with Crippen molar-refractivity contribution in [3.63, 3.8) is 0 Å². The molecule has 0 amide bonds. The van der Waals surface area contributed by atoms with Crippen LogP contribution in [0.25, 0.3) is 44.4 Å². The summed E-state index contributed by atoms with van der Waals surface area (Å²) in [6.07, 6.45) is 8.83. The standard InChI is InChI=1S/C44H44N4O.Pt/c1-6-13-33-24-25-45-43(27-33)47-41-23-20-34(15-11-10-14-30(2)3)26-40(41)39-22-21-38(29-42(39)47)49-37-19-12-18-36(28-37)48-32(5)44(31(4)46-48)35-16-8-7-9-17-35;/h7-9,12,16-27,30H,6,10-11,13-15H2,1-5H3;/q-2;+2. The fraction of sp³-hybridized carbons (Fsp3) is 0.273. The summed E-state index contributed by atoms with van der Waals surface area (Å²) < 4.78 is 10.7. The molecule has 0 bridgehead atoms. The summed E-state index contributed by atoms with van der Waals surface area (Å²) in [5.41, 5.74) is 9.89. The largest absolute Gasteiger partial charge is 2.00 e. The van der Waals surface area contributed by atoms with Crippen LogP contribution in [0.15, 0.2) is 97.2 Å². The first-order valence-corrected chi connectivity index (χ1v) is 17.7. The van der Waals surface area contributed by atoms with Crippen molar-refractivity contribution in [1.82, 2.24) is 19.3 Å². The molecule has 256 valence electrons. The van der Waals surface area contributed by atoms with Crippen molar-refractivity contribution in [1.29, 1.82) is 0 Å². The van der Waals surface area contributed by atoms with E-state index < -0.39 is 0 Å². The van der Waals surface area contributed by atoms with Gasteiger partial charge in [-0.1, -0.05) is 88.0 Å². The first-order chi connectivity index (χ1) is 23.9. The molecule has 3 aromatic heterocycles. The predicted octanol–water partition coefficient (Wildman–Crippen LogP) is 11.4. The van der Waals surface area contributed by atoms with Crippen LogP contribution in [0.5, 0.6) is 11.5 Å². The maximum absolute atomic E-state index is 6.48. The SMILES string of the molecule is CCCc1ccnc(-n2c3[c-]c(Oc4[c-]c(-n5nc(C)c(-c6ccccc6)c5C)ccc4)ccc3c3cc(CCCCC(C)C)ccc32)c1.[Pt+2]. The van der Waals surface area contributed by atoms with Crippen LogP contribution in [0, 0.1) is 31.9 Å². The fourth-order valence-electron chi connectivity index (χ4n) is 6.97. The summed E-state index contributed by atoms with van der Waals surface area (Å²) in [5.74, 6) is 2.88. The molecular weight excluding hydrogens is 796 g/mol. The van der Waals surface area contributed by atoms with Gasteiger partial charge in [0.15, 0.2) is 0 Å². The second-order valence-electron chi connectivity index (χ2n) is 13.5. The van der Waals surface area contributed by atoms with Gasteiger partial charge in [0, 0.05) is 34.5 Å². The molecule has 0 unspecified atom stereocenters. The molecule has 6 heteroatoms. The third-order valence-corrected chi connectivity index (χ3v) is 9.34. The van der Waals surface area contributed by atoms with Crippen LogP contribution in [0.1, 0.15) is 69.0 Å². The van der Waals surface area contributed by atoms with Crippen LogP contribution in [-0.2, 0) is 33.9 Å². The first-order valence-electron chi connectivity index (χ1n) is 17.7. The van der Waals surface area contributed by atoms with Crippen LogP contribution in [0.4, 0.5) is 0 Å². The molecule has 4 aromatic carbocycles. The summed E-state index contributed by atoms with van der Waals surface area (Å²) in [6.45, 7) is 11.0. The van der Waals surface area contributed by atoms with Gasteiger partial charge in [-0.15, -0.1) is 35.7 Å². The number of hydrogen-bond donors (Lipinski definition) is 0. The number of hydrogen-bond acceptors (Lipinski definition) is 3. The van der Waals surface area contributed by atoms with Gasteiger partial charge in [-0.2, -0.15) is 17.2 Å². The molecule has 5 nitrogen and oxygen atoms in total. The van der Waals surface area contributed by atoms with E-state index in [1.165, 1.54) is 35.8 Å². The number of ether oxygens (including phenoxy) is 1. The van der Waals surface area contributed by atoms with Crippen molar-refractivity contribution in [2.75, 3.05) is 0 Å². The number of benzene rings is 4. The molecule has 0 N–H and O–H groups in total. The summed E-state index contributed by atoms with van der Waals surface area (Å²) in [6, 6.07) is 38.8. The number of aryl methyl sites for hydroxylation is 3. The number of aromatic nitrogens is 4. The third kappa shape index (κ3) is 7.35. The van der Waals surface area contributed by atoms with Gasteiger partial charge in [0.1, 0.15) is 5.82 Å². The van der Waals surface area contributed by atoms with Crippen molar-refractivity contribution in [3.05, 3.63) is 132 Å². The van der Waals surface area contributed by atoms with Gasteiger partial charge < -0.3 is 9.30 Å². The third-order valence-electron chi connectivity index (χ3n) is 9.34. The van der Waals surface area contributed by atoms with Crippen molar-refractivity contribution < 1.29 is 25.8 Å². The molecule has 0 aliphatic heterocycles. The Morgan fingerprint density at radius 2 is 1.58 bits per heavy atom. The molecule has 0 spiro atoms. The second-order valence-corrected chi connectivity index (χ2v) is 13.5. The minimum atomic E-state index is 0. The molecule has 7 aromatic rings. The maximum atomic E-state index is 6.48. The molecule has 0 aliphatic rings. The molecule has 3 heterocycles. The van der Waals surface area contributed by atoms with E-state index in [1.807, 2.05) is 41.2 Å². The summed E-state index contributed by atoms with van der Waals surface area (Å²) >= 11 is 0. The summed E-state index contributed by atoms with van der Waals surface area (Å²) in [5, 5.41) is 7.24. The Morgan fingerprint density at radius 1 is 0.780 bits per heavy atom. The monoisotopic (exact) mass is 839 g/mol. The van der Waals surface area contributed by atoms with Crippen molar-refractivity contribution in [2.45, 2.75) is 73.1 Å². The van der Waals surface area contributed by atoms with Gasteiger partial charge in [-0.3, -0.25) is 4.68 Å². The summed E-state index contributed by atoms with van der Waals surface area (Å²) in [4.78, 5) is 4.85. The quantitative estimate of drug-likeness (QED) is 0.0909. The van der Waals surface area contributed by atoms with E-state index in [1.54, 1.807) is 0 Å². The predicted molar refractivity (Wildman–Crippen MR) is 201 cm³/mol. The molecule has 0 radical (unpaired) electrons. The molecule has 0 fully saturated rings. The van der Waals surface area contributed by atoms with E-state index in [0.717, 1.165) is 75.6 Å². The van der Waals surface area contributed by atoms with E-state index in [9.17, 15) is 0 Å². The zero-order chi connectivity index (χ0) is 33.9. The van der Waals surface area contributed by atoms with Gasteiger partial charge in [0.05, 0.1) is 5.69 Å². The summed E-state index contributed by atoms with van der Waals surface area (Å²) in [7, 11) is 0. The van der Waals surface area contributed by atoms with Crippen LogP contribution < -0.4 is 4.74 Å². The number of nitrogens with zero attached hydrogens (tertiary/aromatic N) is 4. The second kappa shape index (κ2) is 15.6. The Kier molecular flexibility index (Phi) is 11.0. The van der Waals surface area contributed by atoms with E-state index in [-0.39, 0.29) is 21.1 Å². The number of unbranched alkanes of at least 4 members (excludes halogenated alkanes) is 1. The average Bonchev–Trinajstić information content (AvgIpc) is 3.59. The van der Waals surface area contributed by atoms with Crippen LogP contribution in [0.2, 0.25) is 0 Å². The van der Waals surface area contributed by atoms with E-state index in [4.69, 9.17) is 14.8 Å². The molecule has 0 saturated carbocycles. The average molecular weight is 840 g/mol. The van der Waals surface area contributed by atoms with Crippen LogP contribution in [0.3, 0.4) is 0 Å². The molecular formula is C44H44N4OPt. The smallest absolute Gasteiger partial charge is 0.509 e. The molecule has 0 saturated heterocycles. The minimum absolute atomic E-state index is 0. The topological polar surface area (TPSA) is 44.9 Å². The Labute approximate surface area is 310 Å². The minimum Gasteiger partial charge on any atom is -0.509 e. The van der Waals surface area contributed by atoms with Gasteiger partial charge in [-0.25, -0.2) is 4.98 Å². The first kappa shape index (κ1) is 35.4. The van der Waals surface area contributed by atoms with E-state index in [0.29, 0.717) is 11.5 Å². The number of pyridine rings is 1. The van der Waals surface area contributed by atoms with Gasteiger partial charge in [-0.05, 0) is 85.0 Å². The van der Waals surface area contributed by atoms with Crippen molar-refractivity contribution >= 4 is 21.8 Å². The van der Waals surface area contributed by atoms with Crippen molar-refractivity contribution in [2.24, 2.45) is 5.92 Å². The Bertz CT molecular complexity index is 2230. The Balaban J connectivity index is 0.00000432. The Hall–Kier alpha value is -4.47. The zero-order valence-corrected chi connectivity index (χ0v) is 31.8. The van der Waals surface area contributed by atoms with E-state index >= 15 is 0 Å². The maximum Gasteiger partial charge on any atom is 2.00 e. The van der Waals surface area contributed by atoms with Gasteiger partial charge in [0.2, 0.25) is 0 Å². The molecule has 0 aliphatic carbocycles. The molecule has 50 heavy (non-hydrogen) atoms. The number of fused-ring (bicyclic) bond motifs is 3. The van der Waals surface area contributed by atoms with Gasteiger partial charge in [0.25, 0.3) is 0 Å². The zero-order valence-electron chi connectivity index (χ0n) is 29.6. The Morgan fingerprint density at radius 3 is 2.38 bits per heavy atom.